The maximum absolute atomic E-state index is 11.7. The Hall–Kier alpha value is -0.590. The Labute approximate surface area is 107 Å². The van der Waals surface area contributed by atoms with Crippen LogP contribution in [0.3, 0.4) is 0 Å². The molecular formula is C16H28O. The van der Waals surface area contributed by atoms with Crippen molar-refractivity contribution in [1.29, 1.82) is 0 Å². The summed E-state index contributed by atoms with van der Waals surface area (Å²) in [4.78, 5) is 11.7. The van der Waals surface area contributed by atoms with Crippen molar-refractivity contribution < 1.29 is 4.79 Å². The van der Waals surface area contributed by atoms with E-state index in [-0.39, 0.29) is 0 Å². The number of Topliss-reactive ketones (excluding diaryl/α,β-unsaturated/α-hetero) is 1. The quantitative estimate of drug-likeness (QED) is 0.528. The van der Waals surface area contributed by atoms with Gasteiger partial charge in [-0.2, -0.15) is 0 Å². The van der Waals surface area contributed by atoms with Crippen LogP contribution >= 0.6 is 0 Å². The highest BCUT2D eigenvalue weighted by Crippen LogP contribution is 2.15. The van der Waals surface area contributed by atoms with Crippen molar-refractivity contribution in [3.05, 3.63) is 11.6 Å². The highest BCUT2D eigenvalue weighted by Gasteiger charge is 2.03. The Morgan fingerprint density at radius 1 is 0.824 bits per heavy atom. The van der Waals surface area contributed by atoms with Gasteiger partial charge in [-0.3, -0.25) is 4.79 Å². The van der Waals surface area contributed by atoms with E-state index in [2.05, 4.69) is 13.0 Å². The summed E-state index contributed by atoms with van der Waals surface area (Å²) in [6, 6.07) is 0. The van der Waals surface area contributed by atoms with E-state index in [0.717, 1.165) is 12.8 Å². The van der Waals surface area contributed by atoms with E-state index in [4.69, 9.17) is 0 Å². The van der Waals surface area contributed by atoms with Crippen LogP contribution in [0.1, 0.15) is 84.0 Å². The summed E-state index contributed by atoms with van der Waals surface area (Å²) < 4.78 is 0. The average Bonchev–Trinajstić information content (AvgIpc) is 2.30. The van der Waals surface area contributed by atoms with E-state index in [1.165, 1.54) is 63.4 Å². The summed E-state index contributed by atoms with van der Waals surface area (Å²) in [7, 11) is 0. The van der Waals surface area contributed by atoms with Crippen LogP contribution in [0.5, 0.6) is 0 Å². The van der Waals surface area contributed by atoms with Gasteiger partial charge in [-0.15, -0.1) is 0 Å². The highest BCUT2D eigenvalue weighted by atomic mass is 16.1. The third-order valence-electron chi connectivity index (χ3n) is 3.63. The van der Waals surface area contributed by atoms with Gasteiger partial charge in [-0.05, 0) is 26.2 Å². The molecule has 0 spiro atoms. The standard InChI is InChI=1S/C16H28O/c1-15-12-10-8-6-4-2-3-5-7-9-11-13-16(17)14-15/h12H,2-11,13-14H2,1H3/b15-12+. The minimum atomic E-state index is 0.439. The van der Waals surface area contributed by atoms with E-state index < -0.39 is 0 Å². The van der Waals surface area contributed by atoms with Crippen molar-refractivity contribution in [3.8, 4) is 0 Å². The fourth-order valence-corrected chi connectivity index (χ4v) is 2.52. The minimum absolute atomic E-state index is 0.439. The maximum Gasteiger partial charge on any atom is 0.136 e. The van der Waals surface area contributed by atoms with Crippen molar-refractivity contribution in [1.82, 2.24) is 0 Å². The van der Waals surface area contributed by atoms with E-state index in [0.29, 0.717) is 12.2 Å². The Morgan fingerprint density at radius 2 is 1.35 bits per heavy atom. The fraction of sp³-hybridized carbons (Fsp3) is 0.812. The first-order chi connectivity index (χ1) is 8.29. The summed E-state index contributed by atoms with van der Waals surface area (Å²) in [5.41, 5.74) is 1.28. The molecule has 0 aliphatic heterocycles. The normalized spacial score (nSPS) is 25.5. The molecule has 0 fully saturated rings. The van der Waals surface area contributed by atoms with Gasteiger partial charge in [0.05, 0.1) is 0 Å². The average molecular weight is 236 g/mol. The van der Waals surface area contributed by atoms with Gasteiger partial charge >= 0.3 is 0 Å². The second-order valence-electron chi connectivity index (χ2n) is 5.49. The van der Waals surface area contributed by atoms with Crippen molar-refractivity contribution in [2.75, 3.05) is 0 Å². The van der Waals surface area contributed by atoms with Crippen molar-refractivity contribution in [3.63, 3.8) is 0 Å². The first kappa shape index (κ1) is 14.5. The van der Waals surface area contributed by atoms with Crippen molar-refractivity contribution >= 4 is 5.78 Å². The van der Waals surface area contributed by atoms with Gasteiger partial charge in [-0.25, -0.2) is 0 Å². The van der Waals surface area contributed by atoms with Crippen LogP contribution in [0.2, 0.25) is 0 Å². The predicted molar refractivity (Wildman–Crippen MR) is 74.2 cm³/mol. The second-order valence-corrected chi connectivity index (χ2v) is 5.49. The lowest BCUT2D eigenvalue weighted by atomic mass is 10.0. The lowest BCUT2D eigenvalue weighted by Crippen LogP contribution is -1.98. The Kier molecular flexibility index (Phi) is 8.04. The zero-order valence-electron chi connectivity index (χ0n) is 11.5. The Balaban J connectivity index is 2.32. The second kappa shape index (κ2) is 9.44. The molecule has 98 valence electrons. The zero-order valence-corrected chi connectivity index (χ0v) is 11.5. The molecular weight excluding hydrogens is 208 g/mol. The largest absolute Gasteiger partial charge is 0.299 e. The number of carbonyl (C=O) groups is 1. The van der Waals surface area contributed by atoms with Crippen LogP contribution in [0.25, 0.3) is 0 Å². The molecule has 1 heteroatoms. The van der Waals surface area contributed by atoms with Gasteiger partial charge in [0, 0.05) is 12.8 Å². The monoisotopic (exact) mass is 236 g/mol. The molecule has 1 rings (SSSR count). The first-order valence-corrected chi connectivity index (χ1v) is 7.46. The van der Waals surface area contributed by atoms with Gasteiger partial charge in [0.2, 0.25) is 0 Å². The number of hydrogen-bond donors (Lipinski definition) is 0. The van der Waals surface area contributed by atoms with Crippen molar-refractivity contribution in [2.45, 2.75) is 84.0 Å². The van der Waals surface area contributed by atoms with Crippen LogP contribution in [0.4, 0.5) is 0 Å². The summed E-state index contributed by atoms with van der Waals surface area (Å²) in [6.45, 7) is 2.11. The third-order valence-corrected chi connectivity index (χ3v) is 3.63. The van der Waals surface area contributed by atoms with Crippen LogP contribution in [-0.4, -0.2) is 5.78 Å². The molecule has 0 aromatic heterocycles. The molecule has 0 heterocycles. The molecule has 0 unspecified atom stereocenters. The minimum Gasteiger partial charge on any atom is -0.299 e. The number of allylic oxidation sites excluding steroid dienone is 2. The molecule has 0 aromatic rings. The molecule has 0 aromatic carbocycles. The molecule has 0 amide bonds. The molecule has 1 aliphatic carbocycles. The molecule has 0 bridgehead atoms. The summed E-state index contributed by atoms with van der Waals surface area (Å²) in [5, 5.41) is 0. The Morgan fingerprint density at radius 3 is 2.00 bits per heavy atom. The first-order valence-electron chi connectivity index (χ1n) is 7.46. The number of carbonyl (C=O) groups excluding carboxylic acids is 1. The van der Waals surface area contributed by atoms with E-state index in [9.17, 15) is 4.79 Å². The van der Waals surface area contributed by atoms with Crippen LogP contribution in [0.15, 0.2) is 11.6 Å². The van der Waals surface area contributed by atoms with Gasteiger partial charge < -0.3 is 0 Å². The summed E-state index contributed by atoms with van der Waals surface area (Å²) in [6.07, 6.45) is 16.8. The van der Waals surface area contributed by atoms with Crippen LogP contribution in [0, 0.1) is 0 Å². The summed E-state index contributed by atoms with van der Waals surface area (Å²) in [5.74, 6) is 0.439. The van der Waals surface area contributed by atoms with Crippen LogP contribution in [-0.2, 0) is 4.79 Å². The molecule has 17 heavy (non-hydrogen) atoms. The molecule has 0 N–H and O–H groups in total. The van der Waals surface area contributed by atoms with Gasteiger partial charge in [0.1, 0.15) is 5.78 Å². The smallest absolute Gasteiger partial charge is 0.136 e. The molecule has 0 saturated heterocycles. The topological polar surface area (TPSA) is 17.1 Å². The van der Waals surface area contributed by atoms with E-state index in [1.54, 1.807) is 0 Å². The highest BCUT2D eigenvalue weighted by molar-refractivity contribution is 5.80. The Bertz CT molecular complexity index is 240. The van der Waals surface area contributed by atoms with Gasteiger partial charge in [0.15, 0.2) is 0 Å². The lowest BCUT2D eigenvalue weighted by Gasteiger charge is -2.02. The molecule has 0 radical (unpaired) electrons. The van der Waals surface area contributed by atoms with E-state index >= 15 is 0 Å². The number of hydrogen-bond acceptors (Lipinski definition) is 1. The molecule has 1 aliphatic rings. The number of ketones is 1. The molecule has 0 saturated carbocycles. The van der Waals surface area contributed by atoms with Crippen LogP contribution < -0.4 is 0 Å². The SMILES string of the molecule is C/C1=C\CCCCCCCCCCCC(=O)C1. The summed E-state index contributed by atoms with van der Waals surface area (Å²) >= 11 is 0. The molecule has 1 nitrogen and oxygen atoms in total. The maximum atomic E-state index is 11.7. The zero-order chi connectivity index (χ0) is 12.3. The van der Waals surface area contributed by atoms with Gasteiger partial charge in [-0.1, -0.05) is 56.6 Å². The van der Waals surface area contributed by atoms with Crippen molar-refractivity contribution in [2.24, 2.45) is 0 Å². The fourth-order valence-electron chi connectivity index (χ4n) is 2.52. The van der Waals surface area contributed by atoms with Gasteiger partial charge in [0.25, 0.3) is 0 Å². The molecule has 0 atom stereocenters. The lowest BCUT2D eigenvalue weighted by molar-refractivity contribution is -0.118. The van der Waals surface area contributed by atoms with E-state index in [1.807, 2.05) is 0 Å². The number of rotatable bonds is 0. The third kappa shape index (κ3) is 8.18. The predicted octanol–water partition coefficient (Wildman–Crippen LogP) is 5.20.